The molecule has 0 spiro atoms. The monoisotopic (exact) mass is 231 g/mol. The van der Waals surface area contributed by atoms with E-state index in [0.29, 0.717) is 9.35 Å². The molecule has 0 N–H and O–H groups in total. The van der Waals surface area contributed by atoms with E-state index in [0.717, 1.165) is 24.1 Å². The lowest BCUT2D eigenvalue weighted by Crippen LogP contribution is -2.00. The van der Waals surface area contributed by atoms with Crippen molar-refractivity contribution in [2.45, 2.75) is 19.8 Å². The lowest BCUT2D eigenvalue weighted by molar-refractivity contribution is 0.911. The Morgan fingerprint density at radius 3 is 2.85 bits per heavy atom. The zero-order valence-corrected chi connectivity index (χ0v) is 9.72. The standard InChI is InChI=1S/C9H10ClNS2/c1-2-3-6-4-5-7(10)11-8(6)9(12)13/h4-5H,2-3H2,1H3,(H,12,13). The van der Waals surface area contributed by atoms with Crippen molar-refractivity contribution < 1.29 is 0 Å². The van der Waals surface area contributed by atoms with Crippen LogP contribution < -0.4 is 0 Å². The van der Waals surface area contributed by atoms with Crippen LogP contribution in [-0.2, 0) is 6.42 Å². The summed E-state index contributed by atoms with van der Waals surface area (Å²) in [5.74, 6) is 0. The van der Waals surface area contributed by atoms with Crippen molar-refractivity contribution >= 4 is 40.6 Å². The molecule has 4 heteroatoms. The molecule has 0 amide bonds. The van der Waals surface area contributed by atoms with Crippen molar-refractivity contribution in [3.63, 3.8) is 0 Å². The van der Waals surface area contributed by atoms with Crippen molar-refractivity contribution in [3.8, 4) is 0 Å². The summed E-state index contributed by atoms with van der Waals surface area (Å²) in [6, 6.07) is 3.73. The first-order valence-electron chi connectivity index (χ1n) is 4.04. The van der Waals surface area contributed by atoms with Gasteiger partial charge in [0.25, 0.3) is 0 Å². The normalized spacial score (nSPS) is 10.1. The van der Waals surface area contributed by atoms with Crippen LogP contribution in [0.4, 0.5) is 0 Å². The number of halogens is 1. The molecule has 1 aromatic heterocycles. The van der Waals surface area contributed by atoms with E-state index in [9.17, 15) is 0 Å². The number of hydrogen-bond acceptors (Lipinski definition) is 2. The molecule has 0 aliphatic carbocycles. The Kier molecular flexibility index (Phi) is 4.16. The van der Waals surface area contributed by atoms with E-state index in [1.807, 2.05) is 6.07 Å². The lowest BCUT2D eigenvalue weighted by atomic mass is 10.1. The van der Waals surface area contributed by atoms with Crippen LogP contribution >= 0.6 is 36.4 Å². The summed E-state index contributed by atoms with van der Waals surface area (Å²) < 4.78 is 0.506. The van der Waals surface area contributed by atoms with Gasteiger partial charge < -0.3 is 0 Å². The topological polar surface area (TPSA) is 12.9 Å². The van der Waals surface area contributed by atoms with Crippen molar-refractivity contribution in [2.24, 2.45) is 0 Å². The molecule has 0 atom stereocenters. The molecular formula is C9H10ClNS2. The number of aromatic nitrogens is 1. The van der Waals surface area contributed by atoms with Gasteiger partial charge in [0.1, 0.15) is 5.15 Å². The molecule has 0 aliphatic rings. The second kappa shape index (κ2) is 4.94. The van der Waals surface area contributed by atoms with Gasteiger partial charge in [0.15, 0.2) is 0 Å². The van der Waals surface area contributed by atoms with E-state index in [-0.39, 0.29) is 0 Å². The van der Waals surface area contributed by atoms with Crippen molar-refractivity contribution in [1.29, 1.82) is 0 Å². The predicted octanol–water partition coefficient (Wildman–Crippen LogP) is 3.29. The summed E-state index contributed by atoms with van der Waals surface area (Å²) in [6.07, 6.45) is 2.02. The molecule has 13 heavy (non-hydrogen) atoms. The summed E-state index contributed by atoms with van der Waals surface area (Å²) in [4.78, 5) is 4.14. The van der Waals surface area contributed by atoms with Gasteiger partial charge in [-0.2, -0.15) is 0 Å². The molecule has 1 aromatic rings. The summed E-state index contributed by atoms with van der Waals surface area (Å²) in [7, 11) is 0. The van der Waals surface area contributed by atoms with E-state index in [1.165, 1.54) is 0 Å². The van der Waals surface area contributed by atoms with Gasteiger partial charge in [-0.25, -0.2) is 4.98 Å². The number of nitrogens with zero attached hydrogens (tertiary/aromatic N) is 1. The number of thiol groups is 1. The third-order valence-electron chi connectivity index (χ3n) is 1.67. The highest BCUT2D eigenvalue weighted by Crippen LogP contribution is 2.15. The van der Waals surface area contributed by atoms with Crippen LogP contribution in [0.1, 0.15) is 24.6 Å². The Morgan fingerprint density at radius 1 is 1.62 bits per heavy atom. The third kappa shape index (κ3) is 2.93. The minimum Gasteiger partial charge on any atom is -0.234 e. The van der Waals surface area contributed by atoms with Gasteiger partial charge in [-0.15, -0.1) is 12.6 Å². The predicted molar refractivity (Wildman–Crippen MR) is 63.9 cm³/mol. The highest BCUT2D eigenvalue weighted by atomic mass is 35.5. The zero-order valence-electron chi connectivity index (χ0n) is 7.25. The van der Waals surface area contributed by atoms with E-state index in [1.54, 1.807) is 6.07 Å². The number of pyridine rings is 1. The van der Waals surface area contributed by atoms with Crippen LogP contribution in [0.2, 0.25) is 5.15 Å². The van der Waals surface area contributed by atoms with Gasteiger partial charge in [0.05, 0.1) is 9.89 Å². The Labute approximate surface area is 93.9 Å². The molecule has 1 heterocycles. The van der Waals surface area contributed by atoms with Gasteiger partial charge in [0, 0.05) is 0 Å². The van der Waals surface area contributed by atoms with E-state index in [2.05, 4.69) is 24.5 Å². The van der Waals surface area contributed by atoms with Crippen molar-refractivity contribution in [3.05, 3.63) is 28.5 Å². The average molecular weight is 232 g/mol. The van der Waals surface area contributed by atoms with Crippen molar-refractivity contribution in [2.75, 3.05) is 0 Å². The molecule has 70 valence electrons. The van der Waals surface area contributed by atoms with E-state index in [4.69, 9.17) is 23.8 Å². The fourth-order valence-corrected chi connectivity index (χ4v) is 1.64. The van der Waals surface area contributed by atoms with Crippen molar-refractivity contribution in [1.82, 2.24) is 4.98 Å². The molecule has 1 rings (SSSR count). The van der Waals surface area contributed by atoms with Gasteiger partial charge in [-0.1, -0.05) is 43.2 Å². The molecule has 0 bridgehead atoms. The maximum atomic E-state index is 5.76. The summed E-state index contributed by atoms with van der Waals surface area (Å²) >= 11 is 14.8. The minimum absolute atomic E-state index is 0.464. The Hall–Kier alpha value is -0.120. The minimum atomic E-state index is 0.464. The number of thiocarbonyl (C=S) groups is 1. The molecule has 0 saturated heterocycles. The highest BCUT2D eigenvalue weighted by molar-refractivity contribution is 8.11. The first-order valence-corrected chi connectivity index (χ1v) is 5.27. The molecule has 0 fully saturated rings. The van der Waals surface area contributed by atoms with Gasteiger partial charge >= 0.3 is 0 Å². The van der Waals surface area contributed by atoms with Gasteiger partial charge in [-0.3, -0.25) is 0 Å². The van der Waals surface area contributed by atoms with Gasteiger partial charge in [-0.05, 0) is 18.1 Å². The first kappa shape index (κ1) is 11.0. The summed E-state index contributed by atoms with van der Waals surface area (Å²) in [5.41, 5.74) is 1.86. The first-order chi connectivity index (χ1) is 6.15. The van der Waals surface area contributed by atoms with Crippen LogP contribution in [0.25, 0.3) is 0 Å². The molecule has 0 unspecified atom stereocenters. The maximum Gasteiger partial charge on any atom is 0.129 e. The van der Waals surface area contributed by atoms with Crippen LogP contribution in [-0.4, -0.2) is 9.18 Å². The highest BCUT2D eigenvalue weighted by Gasteiger charge is 2.06. The van der Waals surface area contributed by atoms with Crippen LogP contribution in [0.5, 0.6) is 0 Å². The molecule has 0 aliphatic heterocycles. The van der Waals surface area contributed by atoms with E-state index >= 15 is 0 Å². The zero-order chi connectivity index (χ0) is 9.84. The number of hydrogen-bond donors (Lipinski definition) is 1. The molecule has 0 radical (unpaired) electrons. The number of aryl methyl sites for hydroxylation is 1. The lowest BCUT2D eigenvalue weighted by Gasteiger charge is -2.05. The maximum absolute atomic E-state index is 5.76. The molecule has 0 saturated carbocycles. The SMILES string of the molecule is CCCc1ccc(Cl)nc1C(=S)S. The Balaban J connectivity index is 3.10. The largest absolute Gasteiger partial charge is 0.234 e. The fourth-order valence-electron chi connectivity index (χ4n) is 1.12. The second-order valence-electron chi connectivity index (χ2n) is 2.70. The number of rotatable bonds is 3. The van der Waals surface area contributed by atoms with Crippen LogP contribution in [0.15, 0.2) is 12.1 Å². The molecule has 0 aromatic carbocycles. The van der Waals surface area contributed by atoms with E-state index < -0.39 is 0 Å². The average Bonchev–Trinajstić information content (AvgIpc) is 2.08. The molecular weight excluding hydrogens is 222 g/mol. The van der Waals surface area contributed by atoms with Gasteiger partial charge in [0.2, 0.25) is 0 Å². The summed E-state index contributed by atoms with van der Waals surface area (Å²) in [5, 5.41) is 0.464. The smallest absolute Gasteiger partial charge is 0.129 e. The molecule has 1 nitrogen and oxygen atoms in total. The second-order valence-corrected chi connectivity index (χ2v) is 4.24. The third-order valence-corrected chi connectivity index (χ3v) is 2.28. The summed E-state index contributed by atoms with van der Waals surface area (Å²) in [6.45, 7) is 2.11. The van der Waals surface area contributed by atoms with Crippen LogP contribution in [0, 0.1) is 0 Å². The Morgan fingerprint density at radius 2 is 2.31 bits per heavy atom. The Bertz CT molecular complexity index is 325. The quantitative estimate of drug-likeness (QED) is 0.487. The van der Waals surface area contributed by atoms with Crippen LogP contribution in [0.3, 0.4) is 0 Å². The fraction of sp³-hybridized carbons (Fsp3) is 0.333.